The number of ketones is 1. The summed E-state index contributed by atoms with van der Waals surface area (Å²) in [5.74, 6) is -0.473. The summed E-state index contributed by atoms with van der Waals surface area (Å²) in [5.41, 5.74) is 0.608. The van der Waals surface area contributed by atoms with Crippen LogP contribution >= 0.6 is 0 Å². The van der Waals surface area contributed by atoms with Gasteiger partial charge in [-0.15, -0.1) is 0 Å². The van der Waals surface area contributed by atoms with Crippen LogP contribution in [0.5, 0.6) is 0 Å². The number of rotatable bonds is 7. The van der Waals surface area contributed by atoms with E-state index >= 15 is 0 Å². The van der Waals surface area contributed by atoms with Crippen molar-refractivity contribution in [1.82, 2.24) is 5.32 Å². The largest absolute Gasteiger partial charge is 1.00 e. The van der Waals surface area contributed by atoms with Crippen molar-refractivity contribution in [2.24, 2.45) is 0 Å². The van der Waals surface area contributed by atoms with Crippen molar-refractivity contribution >= 4 is 17.8 Å². The van der Waals surface area contributed by atoms with Crippen LogP contribution < -0.4 is 22.3 Å². The van der Waals surface area contributed by atoms with E-state index in [4.69, 9.17) is 9.47 Å². The lowest BCUT2D eigenvalue weighted by atomic mass is 10.1. The molecule has 2 aromatic carbocycles. The van der Waals surface area contributed by atoms with Crippen LogP contribution in [0.2, 0.25) is 0 Å². The Morgan fingerprint density at radius 2 is 1.62 bits per heavy atom. The number of quaternary nitrogens is 1. The Morgan fingerprint density at radius 3 is 2.21 bits per heavy atom. The number of amides is 1. The number of esters is 1. The van der Waals surface area contributed by atoms with Crippen LogP contribution in [-0.4, -0.2) is 60.7 Å². The van der Waals surface area contributed by atoms with Gasteiger partial charge in [-0.25, -0.2) is 9.59 Å². The molecule has 1 fully saturated rings. The standard InChI is InChI=1S/C26H32N2O5.BrH/c1-26(2,3)33-25(31)27-23(20-13-9-6-10-14-20)24(30)32-21-15-16-28(4,17-21)18-22(29)19-11-7-5-8-12-19;/h5-14,21,23H,15-18H2,1-4H3;1H/t21-,23?,28?;/m1./s1. The van der Waals surface area contributed by atoms with Crippen LogP contribution in [-0.2, 0) is 14.3 Å². The number of carbonyl (C=O) groups excluding carboxylic acids is 3. The Balaban J connectivity index is 0.00000408. The molecular weight excluding hydrogens is 500 g/mol. The highest BCUT2D eigenvalue weighted by atomic mass is 79.9. The third kappa shape index (κ3) is 7.95. The molecule has 0 spiro atoms. The van der Waals surface area contributed by atoms with E-state index in [1.165, 1.54) is 0 Å². The van der Waals surface area contributed by atoms with E-state index in [1.807, 2.05) is 43.4 Å². The number of hydrogen-bond acceptors (Lipinski definition) is 5. The van der Waals surface area contributed by atoms with Gasteiger partial charge in [0.1, 0.15) is 18.7 Å². The fourth-order valence-electron chi connectivity index (χ4n) is 4.01. The number of nitrogens with one attached hydrogen (secondary N) is 1. The monoisotopic (exact) mass is 532 g/mol. The first-order valence-electron chi connectivity index (χ1n) is 11.2. The maximum Gasteiger partial charge on any atom is 0.408 e. The predicted molar refractivity (Wildman–Crippen MR) is 125 cm³/mol. The molecule has 7 nitrogen and oxygen atoms in total. The summed E-state index contributed by atoms with van der Waals surface area (Å²) in [4.78, 5) is 38.1. The zero-order valence-corrected chi connectivity index (χ0v) is 21.7. The van der Waals surface area contributed by atoms with Gasteiger partial charge in [0.15, 0.2) is 12.1 Å². The first-order valence-corrected chi connectivity index (χ1v) is 11.2. The van der Waals surface area contributed by atoms with E-state index in [1.54, 1.807) is 45.0 Å². The smallest absolute Gasteiger partial charge is 0.408 e. The van der Waals surface area contributed by atoms with E-state index in [0.29, 0.717) is 35.1 Å². The number of Topliss-reactive ketones (excluding diaryl/α,β-unsaturated/α-hetero) is 1. The number of carbonyl (C=O) groups is 3. The predicted octanol–water partition coefficient (Wildman–Crippen LogP) is 0.901. The molecule has 3 atom stereocenters. The van der Waals surface area contributed by atoms with Gasteiger partial charge in [-0.05, 0) is 26.3 Å². The highest BCUT2D eigenvalue weighted by Crippen LogP contribution is 2.24. The molecule has 2 unspecified atom stereocenters. The van der Waals surface area contributed by atoms with Gasteiger partial charge in [-0.1, -0.05) is 60.7 Å². The second kappa shape index (κ2) is 11.6. The number of alkyl carbamates (subject to hydrolysis) is 1. The van der Waals surface area contributed by atoms with Gasteiger partial charge in [0, 0.05) is 12.0 Å². The van der Waals surface area contributed by atoms with Gasteiger partial charge in [0.25, 0.3) is 0 Å². The van der Waals surface area contributed by atoms with Gasteiger partial charge >= 0.3 is 12.1 Å². The Bertz CT molecular complexity index is 978. The number of nitrogens with zero attached hydrogens (tertiary/aromatic N) is 1. The first-order chi connectivity index (χ1) is 15.5. The number of likely N-dealkylation sites (tertiary alicyclic amines) is 1. The van der Waals surface area contributed by atoms with E-state index < -0.39 is 23.7 Å². The summed E-state index contributed by atoms with van der Waals surface area (Å²) in [6.07, 6.45) is -0.371. The minimum atomic E-state index is -0.980. The molecule has 1 aliphatic rings. The quantitative estimate of drug-likeness (QED) is 0.325. The van der Waals surface area contributed by atoms with Crippen LogP contribution in [0, 0.1) is 0 Å². The van der Waals surface area contributed by atoms with Crippen LogP contribution in [0.4, 0.5) is 4.79 Å². The van der Waals surface area contributed by atoms with Crippen LogP contribution in [0.15, 0.2) is 60.7 Å². The van der Waals surface area contributed by atoms with Crippen molar-refractivity contribution in [3.63, 3.8) is 0 Å². The minimum Gasteiger partial charge on any atom is -1.00 e. The SMILES string of the molecule is CC(C)(C)OC(=O)NC(C(=O)O[C@@H]1CC[N+](C)(CC(=O)c2ccccc2)C1)c1ccccc1.[Br-]. The maximum absolute atomic E-state index is 13.1. The lowest BCUT2D eigenvalue weighted by molar-refractivity contribution is -0.890. The zero-order chi connectivity index (χ0) is 24.1. The number of ether oxygens (including phenoxy) is 2. The molecule has 1 amide bonds. The normalized spacial score (nSPS) is 20.5. The lowest BCUT2D eigenvalue weighted by Gasteiger charge is -2.29. The second-order valence-electron chi connectivity index (χ2n) is 9.81. The van der Waals surface area contributed by atoms with Crippen molar-refractivity contribution in [2.45, 2.75) is 44.9 Å². The van der Waals surface area contributed by atoms with Crippen molar-refractivity contribution in [2.75, 3.05) is 26.7 Å². The Labute approximate surface area is 211 Å². The molecular formula is C26H33BrN2O5. The summed E-state index contributed by atoms with van der Waals surface area (Å²) < 4.78 is 11.6. The van der Waals surface area contributed by atoms with E-state index in [2.05, 4.69) is 5.32 Å². The molecule has 0 radical (unpaired) electrons. The second-order valence-corrected chi connectivity index (χ2v) is 9.81. The lowest BCUT2D eigenvalue weighted by Crippen LogP contribution is -3.00. The van der Waals surface area contributed by atoms with Crippen molar-refractivity contribution in [3.05, 3.63) is 71.8 Å². The Kier molecular flexibility index (Phi) is 9.41. The molecule has 8 heteroatoms. The summed E-state index contributed by atoms with van der Waals surface area (Å²) in [5, 5.41) is 2.64. The molecule has 1 N–H and O–H groups in total. The molecule has 3 rings (SSSR count). The molecule has 1 heterocycles. The molecule has 34 heavy (non-hydrogen) atoms. The maximum atomic E-state index is 13.1. The molecule has 1 aliphatic heterocycles. The first kappa shape index (κ1) is 27.5. The molecule has 0 aromatic heterocycles. The fraction of sp³-hybridized carbons (Fsp3) is 0.423. The van der Waals surface area contributed by atoms with Crippen LogP contribution in [0.1, 0.15) is 49.2 Å². The molecule has 184 valence electrons. The van der Waals surface area contributed by atoms with Crippen molar-refractivity contribution in [3.8, 4) is 0 Å². The summed E-state index contributed by atoms with van der Waals surface area (Å²) in [6.45, 7) is 6.89. The van der Waals surface area contributed by atoms with E-state index in [9.17, 15) is 14.4 Å². The average molecular weight is 533 g/mol. The highest BCUT2D eigenvalue weighted by molar-refractivity contribution is 5.96. The number of benzene rings is 2. The van der Waals surface area contributed by atoms with Crippen LogP contribution in [0.3, 0.4) is 0 Å². The fourth-order valence-corrected chi connectivity index (χ4v) is 4.01. The highest BCUT2D eigenvalue weighted by Gasteiger charge is 2.40. The molecule has 0 bridgehead atoms. The Hall–Kier alpha value is -2.71. The number of halogens is 1. The summed E-state index contributed by atoms with van der Waals surface area (Å²) in [6, 6.07) is 17.2. The number of likely N-dealkylation sites (N-methyl/N-ethyl adjacent to an activating group) is 1. The van der Waals surface area contributed by atoms with Gasteiger partial charge in [0.05, 0.1) is 13.6 Å². The summed E-state index contributed by atoms with van der Waals surface area (Å²) in [7, 11) is 2.00. The van der Waals surface area contributed by atoms with Gasteiger partial charge in [0.2, 0.25) is 5.78 Å². The third-order valence-corrected chi connectivity index (χ3v) is 5.57. The minimum absolute atomic E-state index is 0. The van der Waals surface area contributed by atoms with Crippen LogP contribution in [0.25, 0.3) is 0 Å². The zero-order valence-electron chi connectivity index (χ0n) is 20.1. The van der Waals surface area contributed by atoms with Gasteiger partial charge in [-0.3, -0.25) is 4.79 Å². The van der Waals surface area contributed by atoms with Crippen molar-refractivity contribution < 1.29 is 45.3 Å². The van der Waals surface area contributed by atoms with E-state index in [0.717, 1.165) is 6.54 Å². The number of hydrogen-bond donors (Lipinski definition) is 1. The van der Waals surface area contributed by atoms with E-state index in [-0.39, 0.29) is 28.9 Å². The topological polar surface area (TPSA) is 81.7 Å². The molecule has 1 saturated heterocycles. The average Bonchev–Trinajstić information content (AvgIpc) is 3.11. The van der Waals surface area contributed by atoms with Crippen molar-refractivity contribution in [1.29, 1.82) is 0 Å². The Morgan fingerprint density at radius 1 is 1.03 bits per heavy atom. The molecule has 2 aromatic rings. The molecule has 0 aliphatic carbocycles. The molecule has 0 saturated carbocycles. The van der Waals surface area contributed by atoms with Gasteiger partial charge < -0.3 is 36.3 Å². The van der Waals surface area contributed by atoms with Gasteiger partial charge in [-0.2, -0.15) is 0 Å². The third-order valence-electron chi connectivity index (χ3n) is 5.57. The summed E-state index contributed by atoms with van der Waals surface area (Å²) >= 11 is 0.